The Hall–Kier alpha value is -1.68. The van der Waals surface area contributed by atoms with Crippen molar-refractivity contribution in [2.75, 3.05) is 11.9 Å². The summed E-state index contributed by atoms with van der Waals surface area (Å²) in [7, 11) is 0. The molecule has 0 bridgehead atoms. The minimum Gasteiger partial charge on any atom is -0.395 e. The highest BCUT2D eigenvalue weighted by Gasteiger charge is 2.21. The molecule has 0 saturated heterocycles. The van der Waals surface area contributed by atoms with E-state index in [1.165, 1.54) is 6.92 Å². The van der Waals surface area contributed by atoms with Crippen LogP contribution in [0.3, 0.4) is 0 Å². The maximum absolute atomic E-state index is 11.5. The van der Waals surface area contributed by atoms with Crippen molar-refractivity contribution in [3.8, 4) is 0 Å². The fraction of sp³-hybridized carbons (Fsp3) is 0.273. The molecule has 0 aromatic heterocycles. The van der Waals surface area contributed by atoms with Crippen molar-refractivity contribution in [1.29, 1.82) is 0 Å². The van der Waals surface area contributed by atoms with Crippen LogP contribution in [0.4, 0.5) is 5.69 Å². The molecule has 1 amide bonds. The normalized spacial score (nSPS) is 11.9. The van der Waals surface area contributed by atoms with Gasteiger partial charge in [-0.3, -0.25) is 9.59 Å². The first kappa shape index (κ1) is 11.4. The molecular formula is C11H13NO3. The molecule has 1 aromatic carbocycles. The van der Waals surface area contributed by atoms with Crippen molar-refractivity contribution >= 4 is 17.4 Å². The molecule has 4 nitrogen and oxygen atoms in total. The number of aliphatic hydroxyl groups is 1. The zero-order valence-corrected chi connectivity index (χ0v) is 8.43. The van der Waals surface area contributed by atoms with Gasteiger partial charge in [-0.25, -0.2) is 0 Å². The summed E-state index contributed by atoms with van der Waals surface area (Å²) in [6.45, 7) is 0.819. The largest absolute Gasteiger partial charge is 0.395 e. The van der Waals surface area contributed by atoms with Gasteiger partial charge < -0.3 is 10.4 Å². The highest BCUT2D eigenvalue weighted by molar-refractivity contribution is 6.06. The van der Waals surface area contributed by atoms with Gasteiger partial charge in [-0.05, 0) is 19.1 Å². The zero-order chi connectivity index (χ0) is 11.3. The molecule has 1 aromatic rings. The van der Waals surface area contributed by atoms with E-state index in [1.807, 2.05) is 6.07 Å². The number of hydrogen-bond donors (Lipinski definition) is 2. The van der Waals surface area contributed by atoms with Gasteiger partial charge in [0.25, 0.3) is 0 Å². The summed E-state index contributed by atoms with van der Waals surface area (Å²) in [5.74, 6) is -1.80. The molecule has 4 heteroatoms. The van der Waals surface area contributed by atoms with E-state index in [0.717, 1.165) is 0 Å². The van der Waals surface area contributed by atoms with E-state index in [9.17, 15) is 9.59 Å². The maximum atomic E-state index is 11.5. The van der Waals surface area contributed by atoms with E-state index < -0.39 is 18.4 Å². The molecule has 0 saturated carbocycles. The molecule has 80 valence electrons. The van der Waals surface area contributed by atoms with E-state index in [-0.39, 0.29) is 5.78 Å². The Bertz CT molecular complexity index is 348. The number of carbonyl (C=O) groups excluding carboxylic acids is 2. The third kappa shape index (κ3) is 3.18. The number of anilines is 1. The number of ketones is 1. The van der Waals surface area contributed by atoms with Crippen LogP contribution < -0.4 is 5.32 Å². The molecule has 0 aliphatic carbocycles. The molecule has 0 fully saturated rings. The number of Topliss-reactive ketones (excluding diaryl/α,β-unsaturated/α-hetero) is 1. The number of amides is 1. The molecule has 2 N–H and O–H groups in total. The Balaban J connectivity index is 2.66. The first-order chi connectivity index (χ1) is 7.15. The number of aliphatic hydroxyl groups excluding tert-OH is 1. The van der Waals surface area contributed by atoms with Crippen LogP contribution in [0.15, 0.2) is 30.3 Å². The van der Waals surface area contributed by atoms with Crippen molar-refractivity contribution in [2.45, 2.75) is 6.92 Å². The van der Waals surface area contributed by atoms with Crippen molar-refractivity contribution in [1.82, 2.24) is 0 Å². The van der Waals surface area contributed by atoms with Crippen LogP contribution >= 0.6 is 0 Å². The number of rotatable bonds is 4. The van der Waals surface area contributed by atoms with Gasteiger partial charge in [-0.2, -0.15) is 0 Å². The smallest absolute Gasteiger partial charge is 0.237 e. The molecule has 0 unspecified atom stereocenters. The highest BCUT2D eigenvalue weighted by Crippen LogP contribution is 2.08. The third-order valence-electron chi connectivity index (χ3n) is 2.03. The van der Waals surface area contributed by atoms with E-state index in [1.54, 1.807) is 24.3 Å². The number of benzene rings is 1. The lowest BCUT2D eigenvalue weighted by Gasteiger charge is -2.10. The lowest BCUT2D eigenvalue weighted by Crippen LogP contribution is -2.30. The summed E-state index contributed by atoms with van der Waals surface area (Å²) in [4.78, 5) is 22.5. The number of nitrogens with one attached hydrogen (secondary N) is 1. The summed E-state index contributed by atoms with van der Waals surface area (Å²) in [5, 5.41) is 11.4. The van der Waals surface area contributed by atoms with Crippen molar-refractivity contribution in [3.05, 3.63) is 30.3 Å². The molecule has 0 aliphatic rings. The Morgan fingerprint density at radius 2 is 1.93 bits per heavy atom. The second-order valence-electron chi connectivity index (χ2n) is 3.20. The van der Waals surface area contributed by atoms with Crippen molar-refractivity contribution in [2.24, 2.45) is 5.92 Å². The zero-order valence-electron chi connectivity index (χ0n) is 8.43. The lowest BCUT2D eigenvalue weighted by atomic mass is 10.1. The molecule has 1 atom stereocenters. The number of carbonyl (C=O) groups is 2. The van der Waals surface area contributed by atoms with Gasteiger partial charge in [0.05, 0.1) is 6.61 Å². The quantitative estimate of drug-likeness (QED) is 0.718. The minimum atomic E-state index is -0.981. The predicted octanol–water partition coefficient (Wildman–Crippen LogP) is 0.823. The van der Waals surface area contributed by atoms with Gasteiger partial charge in [0.2, 0.25) is 5.91 Å². The SMILES string of the molecule is CC(=O)[C@H](CO)C(=O)Nc1ccccc1. The minimum absolute atomic E-state index is 0.342. The molecule has 0 aliphatic heterocycles. The van der Waals surface area contributed by atoms with Crippen LogP contribution in [0.2, 0.25) is 0 Å². The first-order valence-electron chi connectivity index (χ1n) is 4.62. The van der Waals surface area contributed by atoms with Crippen LogP contribution in [0, 0.1) is 5.92 Å². The average molecular weight is 207 g/mol. The second-order valence-corrected chi connectivity index (χ2v) is 3.20. The molecular weight excluding hydrogens is 194 g/mol. The van der Waals surface area contributed by atoms with Crippen molar-refractivity contribution in [3.63, 3.8) is 0 Å². The number of hydrogen-bond acceptors (Lipinski definition) is 3. The molecule has 0 spiro atoms. The predicted molar refractivity (Wildman–Crippen MR) is 56.3 cm³/mol. The standard InChI is InChI=1S/C11H13NO3/c1-8(14)10(7-13)11(15)12-9-5-3-2-4-6-9/h2-6,10,13H,7H2,1H3,(H,12,15)/t10-/m0/s1. The molecule has 0 heterocycles. The van der Waals surface area contributed by atoms with Crippen LogP contribution in [0.25, 0.3) is 0 Å². The van der Waals surface area contributed by atoms with E-state index in [2.05, 4.69) is 5.32 Å². The Morgan fingerprint density at radius 3 is 2.40 bits per heavy atom. The Kier molecular flexibility index (Phi) is 4.00. The monoisotopic (exact) mass is 207 g/mol. The van der Waals surface area contributed by atoms with Gasteiger partial charge in [0.15, 0.2) is 0 Å². The summed E-state index contributed by atoms with van der Waals surface area (Å²) in [5.41, 5.74) is 0.613. The van der Waals surface area contributed by atoms with Gasteiger partial charge in [0, 0.05) is 5.69 Å². The topological polar surface area (TPSA) is 66.4 Å². The summed E-state index contributed by atoms with van der Waals surface area (Å²) in [6, 6.07) is 8.80. The lowest BCUT2D eigenvalue weighted by molar-refractivity contribution is -0.131. The van der Waals surface area contributed by atoms with E-state index in [0.29, 0.717) is 5.69 Å². The first-order valence-corrected chi connectivity index (χ1v) is 4.62. The van der Waals surface area contributed by atoms with Gasteiger partial charge in [0.1, 0.15) is 11.7 Å². The third-order valence-corrected chi connectivity index (χ3v) is 2.03. The van der Waals surface area contributed by atoms with Crippen LogP contribution in [-0.2, 0) is 9.59 Å². The average Bonchev–Trinajstić information content (AvgIpc) is 2.19. The Labute approximate surface area is 87.9 Å². The van der Waals surface area contributed by atoms with Crippen LogP contribution in [0.5, 0.6) is 0 Å². The van der Waals surface area contributed by atoms with Crippen LogP contribution in [0.1, 0.15) is 6.92 Å². The maximum Gasteiger partial charge on any atom is 0.237 e. The highest BCUT2D eigenvalue weighted by atomic mass is 16.3. The Morgan fingerprint density at radius 1 is 1.33 bits per heavy atom. The van der Waals surface area contributed by atoms with Gasteiger partial charge in [-0.1, -0.05) is 18.2 Å². The second kappa shape index (κ2) is 5.26. The fourth-order valence-electron chi connectivity index (χ4n) is 1.15. The van der Waals surface area contributed by atoms with Gasteiger partial charge >= 0.3 is 0 Å². The van der Waals surface area contributed by atoms with Crippen molar-refractivity contribution < 1.29 is 14.7 Å². The van der Waals surface area contributed by atoms with E-state index in [4.69, 9.17) is 5.11 Å². The molecule has 15 heavy (non-hydrogen) atoms. The molecule has 1 rings (SSSR count). The van der Waals surface area contributed by atoms with Gasteiger partial charge in [-0.15, -0.1) is 0 Å². The summed E-state index contributed by atoms with van der Waals surface area (Å²) >= 11 is 0. The van der Waals surface area contributed by atoms with E-state index >= 15 is 0 Å². The van der Waals surface area contributed by atoms with Crippen LogP contribution in [-0.4, -0.2) is 23.4 Å². The molecule has 0 radical (unpaired) electrons. The number of para-hydroxylation sites is 1. The fourth-order valence-corrected chi connectivity index (χ4v) is 1.15. The summed E-state index contributed by atoms with van der Waals surface area (Å²) in [6.07, 6.45) is 0. The summed E-state index contributed by atoms with van der Waals surface area (Å²) < 4.78 is 0.